The first kappa shape index (κ1) is 15.2. The molecule has 0 unspecified atom stereocenters. The van der Waals surface area contributed by atoms with Crippen LogP contribution >= 0.6 is 15.9 Å². The van der Waals surface area contributed by atoms with Crippen LogP contribution in [0.5, 0.6) is 5.75 Å². The molecule has 0 spiro atoms. The number of rotatable bonds is 7. The lowest BCUT2D eigenvalue weighted by atomic mass is 9.99. The molecule has 0 aliphatic rings. The highest BCUT2D eigenvalue weighted by Gasteiger charge is 2.12. The fourth-order valence-corrected chi connectivity index (χ4v) is 2.19. The van der Waals surface area contributed by atoms with Crippen molar-refractivity contribution in [2.45, 2.75) is 20.3 Å². The summed E-state index contributed by atoms with van der Waals surface area (Å²) in [4.78, 5) is 11.8. The van der Waals surface area contributed by atoms with Gasteiger partial charge in [0.15, 0.2) is 5.78 Å². The summed E-state index contributed by atoms with van der Waals surface area (Å²) < 4.78 is 10.6. The van der Waals surface area contributed by atoms with Crippen LogP contribution < -0.4 is 4.74 Å². The van der Waals surface area contributed by atoms with E-state index in [1.54, 1.807) is 7.11 Å². The van der Waals surface area contributed by atoms with Crippen molar-refractivity contribution in [2.75, 3.05) is 25.7 Å². The van der Waals surface area contributed by atoms with Gasteiger partial charge in [0, 0.05) is 25.7 Å². The van der Waals surface area contributed by atoms with Crippen molar-refractivity contribution in [3.63, 3.8) is 0 Å². The van der Waals surface area contributed by atoms with Crippen molar-refractivity contribution < 1.29 is 14.3 Å². The summed E-state index contributed by atoms with van der Waals surface area (Å²) >= 11 is 3.20. The average molecular weight is 315 g/mol. The summed E-state index contributed by atoms with van der Waals surface area (Å²) in [6, 6.07) is 3.82. The van der Waals surface area contributed by atoms with E-state index >= 15 is 0 Å². The molecule has 0 aromatic heterocycles. The molecule has 0 heterocycles. The van der Waals surface area contributed by atoms with Crippen molar-refractivity contribution in [3.8, 4) is 5.75 Å². The van der Waals surface area contributed by atoms with Crippen LogP contribution in [0, 0.1) is 13.8 Å². The number of benzene rings is 1. The fourth-order valence-electron chi connectivity index (χ4n) is 1.91. The minimum Gasteiger partial charge on any atom is -0.493 e. The Balaban J connectivity index is 2.76. The van der Waals surface area contributed by atoms with Crippen molar-refractivity contribution in [2.24, 2.45) is 0 Å². The van der Waals surface area contributed by atoms with Gasteiger partial charge in [0.25, 0.3) is 0 Å². The molecule has 1 rings (SSSR count). The number of ketones is 1. The van der Waals surface area contributed by atoms with Gasteiger partial charge in [-0.2, -0.15) is 0 Å². The van der Waals surface area contributed by atoms with Gasteiger partial charge >= 0.3 is 0 Å². The fraction of sp³-hybridized carbons (Fsp3) is 0.500. The van der Waals surface area contributed by atoms with Gasteiger partial charge in [0.1, 0.15) is 5.75 Å². The van der Waals surface area contributed by atoms with Crippen molar-refractivity contribution in [3.05, 3.63) is 28.8 Å². The third-order valence-electron chi connectivity index (χ3n) is 2.67. The smallest absolute Gasteiger partial charge is 0.173 e. The molecule has 0 fully saturated rings. The number of ether oxygens (including phenoxy) is 2. The highest BCUT2D eigenvalue weighted by Crippen LogP contribution is 2.23. The van der Waals surface area contributed by atoms with Gasteiger partial charge in [0.2, 0.25) is 0 Å². The zero-order chi connectivity index (χ0) is 13.5. The maximum Gasteiger partial charge on any atom is 0.173 e. The lowest BCUT2D eigenvalue weighted by molar-refractivity contribution is 0.102. The molecule has 0 bridgehead atoms. The average Bonchev–Trinajstić information content (AvgIpc) is 2.33. The van der Waals surface area contributed by atoms with Crippen molar-refractivity contribution in [1.82, 2.24) is 0 Å². The second-order valence-electron chi connectivity index (χ2n) is 4.18. The van der Waals surface area contributed by atoms with Crippen LogP contribution in [0.2, 0.25) is 0 Å². The topological polar surface area (TPSA) is 35.5 Å². The first-order chi connectivity index (χ1) is 8.60. The van der Waals surface area contributed by atoms with Gasteiger partial charge in [-0.25, -0.2) is 0 Å². The van der Waals surface area contributed by atoms with E-state index in [0.717, 1.165) is 28.9 Å². The Morgan fingerprint density at radius 3 is 2.33 bits per heavy atom. The molecule has 1 aromatic carbocycles. The SMILES string of the molecule is COCCCOc1cc(C)c(C(=O)CBr)c(C)c1. The molecule has 4 heteroatoms. The highest BCUT2D eigenvalue weighted by atomic mass is 79.9. The van der Waals surface area contributed by atoms with Crippen LogP contribution in [0.3, 0.4) is 0 Å². The molecular weight excluding hydrogens is 296 g/mol. The largest absolute Gasteiger partial charge is 0.493 e. The Morgan fingerprint density at radius 2 is 1.83 bits per heavy atom. The number of aryl methyl sites for hydroxylation is 2. The number of carbonyl (C=O) groups is 1. The molecule has 0 saturated heterocycles. The van der Waals surface area contributed by atoms with E-state index < -0.39 is 0 Å². The predicted molar refractivity (Wildman–Crippen MR) is 76.0 cm³/mol. The normalized spacial score (nSPS) is 10.4. The molecule has 100 valence electrons. The second kappa shape index (κ2) is 7.54. The third kappa shape index (κ3) is 4.10. The number of Topliss-reactive ketones (excluding diaryl/α,β-unsaturated/α-hetero) is 1. The predicted octanol–water partition coefficient (Wildman–Crippen LogP) is 3.30. The van der Waals surface area contributed by atoms with Crippen LogP contribution in [0.25, 0.3) is 0 Å². The summed E-state index contributed by atoms with van der Waals surface area (Å²) in [7, 11) is 1.68. The van der Waals surface area contributed by atoms with E-state index in [4.69, 9.17) is 9.47 Å². The van der Waals surface area contributed by atoms with Gasteiger partial charge in [-0.15, -0.1) is 0 Å². The quantitative estimate of drug-likeness (QED) is 0.440. The third-order valence-corrected chi connectivity index (χ3v) is 3.18. The number of alkyl halides is 1. The molecule has 0 amide bonds. The Bertz CT molecular complexity index is 392. The first-order valence-electron chi connectivity index (χ1n) is 5.92. The molecule has 1 aromatic rings. The molecular formula is C14H19BrO3. The van der Waals surface area contributed by atoms with Crippen LogP contribution in [0.4, 0.5) is 0 Å². The summed E-state index contributed by atoms with van der Waals surface area (Å²) in [5, 5.41) is 0.350. The Hall–Kier alpha value is -0.870. The lowest BCUT2D eigenvalue weighted by Crippen LogP contribution is -2.07. The number of methoxy groups -OCH3 is 1. The van der Waals surface area contributed by atoms with Crippen LogP contribution in [-0.4, -0.2) is 31.4 Å². The van der Waals surface area contributed by atoms with E-state index in [9.17, 15) is 4.79 Å². The van der Waals surface area contributed by atoms with Crippen LogP contribution in [0.1, 0.15) is 27.9 Å². The molecule has 18 heavy (non-hydrogen) atoms. The van der Waals surface area contributed by atoms with E-state index in [1.807, 2.05) is 26.0 Å². The van der Waals surface area contributed by atoms with E-state index in [-0.39, 0.29) is 5.78 Å². The van der Waals surface area contributed by atoms with E-state index in [2.05, 4.69) is 15.9 Å². The van der Waals surface area contributed by atoms with Gasteiger partial charge < -0.3 is 9.47 Å². The van der Waals surface area contributed by atoms with Crippen LogP contribution in [0.15, 0.2) is 12.1 Å². The summed E-state index contributed by atoms with van der Waals surface area (Å²) in [6.45, 7) is 5.19. The Kier molecular flexibility index (Phi) is 6.36. The van der Waals surface area contributed by atoms with E-state index in [0.29, 0.717) is 18.5 Å². The van der Waals surface area contributed by atoms with Gasteiger partial charge in [-0.1, -0.05) is 15.9 Å². The summed E-state index contributed by atoms with van der Waals surface area (Å²) in [5.74, 6) is 0.920. The highest BCUT2D eigenvalue weighted by molar-refractivity contribution is 9.09. The Labute approximate surface area is 117 Å². The summed E-state index contributed by atoms with van der Waals surface area (Å²) in [6.07, 6.45) is 0.858. The molecule has 0 saturated carbocycles. The number of hydrogen-bond acceptors (Lipinski definition) is 3. The molecule has 0 atom stereocenters. The van der Waals surface area contributed by atoms with Gasteiger partial charge in [0.05, 0.1) is 11.9 Å². The van der Waals surface area contributed by atoms with Crippen LogP contribution in [-0.2, 0) is 4.74 Å². The minimum absolute atomic E-state index is 0.107. The van der Waals surface area contributed by atoms with Crippen molar-refractivity contribution >= 4 is 21.7 Å². The van der Waals surface area contributed by atoms with Crippen molar-refractivity contribution in [1.29, 1.82) is 0 Å². The number of carbonyl (C=O) groups excluding carboxylic acids is 1. The second-order valence-corrected chi connectivity index (χ2v) is 4.74. The maximum atomic E-state index is 11.8. The summed E-state index contributed by atoms with van der Waals surface area (Å²) in [5.41, 5.74) is 2.71. The Morgan fingerprint density at radius 1 is 1.22 bits per heavy atom. The molecule has 0 aliphatic heterocycles. The first-order valence-corrected chi connectivity index (χ1v) is 7.04. The minimum atomic E-state index is 0.107. The zero-order valence-corrected chi connectivity index (χ0v) is 12.7. The molecule has 3 nitrogen and oxygen atoms in total. The molecule has 0 N–H and O–H groups in total. The van der Waals surface area contributed by atoms with Gasteiger partial charge in [-0.05, 0) is 37.1 Å². The zero-order valence-electron chi connectivity index (χ0n) is 11.1. The van der Waals surface area contributed by atoms with E-state index in [1.165, 1.54) is 0 Å². The van der Waals surface area contributed by atoms with Gasteiger partial charge in [-0.3, -0.25) is 4.79 Å². The number of halogens is 1. The monoisotopic (exact) mass is 314 g/mol. The maximum absolute atomic E-state index is 11.8. The lowest BCUT2D eigenvalue weighted by Gasteiger charge is -2.12. The molecule has 0 aliphatic carbocycles. The standard InChI is InChI=1S/C14H19BrO3/c1-10-7-12(18-6-4-5-17-3)8-11(2)14(10)13(16)9-15/h7-8H,4-6,9H2,1-3H3. The number of hydrogen-bond donors (Lipinski definition) is 0. The molecule has 0 radical (unpaired) electrons.